The Labute approximate surface area is 93.6 Å². The lowest BCUT2D eigenvalue weighted by Gasteiger charge is -2.19. The van der Waals surface area contributed by atoms with Crippen molar-refractivity contribution in [2.24, 2.45) is 5.73 Å². The Morgan fingerprint density at radius 3 is 2.50 bits per heavy atom. The topological polar surface area (TPSA) is 46.2 Å². The van der Waals surface area contributed by atoms with E-state index in [0.717, 1.165) is 5.56 Å². The van der Waals surface area contributed by atoms with Crippen molar-refractivity contribution in [1.29, 1.82) is 0 Å². The third-order valence-corrected chi connectivity index (χ3v) is 2.76. The highest BCUT2D eigenvalue weighted by atomic mass is 35.5. The molecule has 0 aliphatic heterocycles. The Bertz CT molecular complexity index is 315. The van der Waals surface area contributed by atoms with E-state index in [1.165, 1.54) is 0 Å². The molecule has 0 fully saturated rings. The third-order valence-electron chi connectivity index (χ3n) is 2.20. The molecule has 0 amide bonds. The summed E-state index contributed by atoms with van der Waals surface area (Å²) >= 11 is 11.8. The van der Waals surface area contributed by atoms with Crippen LogP contribution in [0, 0.1) is 0 Å². The van der Waals surface area contributed by atoms with Gasteiger partial charge < -0.3 is 10.8 Å². The van der Waals surface area contributed by atoms with Gasteiger partial charge in [0.2, 0.25) is 0 Å². The van der Waals surface area contributed by atoms with Crippen molar-refractivity contribution in [2.75, 3.05) is 6.54 Å². The minimum absolute atomic E-state index is 0.139. The average molecular weight is 234 g/mol. The summed E-state index contributed by atoms with van der Waals surface area (Å²) in [5.41, 5.74) is 6.40. The fourth-order valence-corrected chi connectivity index (χ4v) is 1.93. The smallest absolute Gasteiger partial charge is 0.0593 e. The lowest BCUT2D eigenvalue weighted by atomic mass is 9.94. The second-order valence-electron chi connectivity index (χ2n) is 3.25. The van der Waals surface area contributed by atoms with E-state index in [0.29, 0.717) is 16.6 Å². The highest BCUT2D eigenvalue weighted by Crippen LogP contribution is 2.28. The van der Waals surface area contributed by atoms with Gasteiger partial charge in [-0.2, -0.15) is 0 Å². The number of halogens is 2. The van der Waals surface area contributed by atoms with Crippen LogP contribution in [0.2, 0.25) is 10.0 Å². The molecule has 0 saturated carbocycles. The van der Waals surface area contributed by atoms with E-state index >= 15 is 0 Å². The molecule has 1 aromatic rings. The summed E-state index contributed by atoms with van der Waals surface area (Å²) in [5, 5.41) is 10.6. The van der Waals surface area contributed by atoms with E-state index in [9.17, 15) is 5.11 Å². The minimum Gasteiger partial charge on any atom is -0.393 e. The number of nitrogens with two attached hydrogens (primary N) is 1. The van der Waals surface area contributed by atoms with Crippen molar-refractivity contribution in [3.05, 3.63) is 33.8 Å². The predicted octanol–water partition coefficient (Wildman–Crippen LogP) is 2.42. The zero-order chi connectivity index (χ0) is 10.7. The van der Waals surface area contributed by atoms with Crippen molar-refractivity contribution >= 4 is 23.2 Å². The van der Waals surface area contributed by atoms with Crippen LogP contribution in [-0.2, 0) is 0 Å². The first-order chi connectivity index (χ1) is 6.56. The fraction of sp³-hybridized carbons (Fsp3) is 0.400. The maximum Gasteiger partial charge on any atom is 0.0593 e. The van der Waals surface area contributed by atoms with E-state index in [4.69, 9.17) is 28.9 Å². The lowest BCUT2D eigenvalue weighted by molar-refractivity contribution is 0.165. The van der Waals surface area contributed by atoms with Crippen LogP contribution in [0.4, 0.5) is 0 Å². The highest BCUT2D eigenvalue weighted by Gasteiger charge is 2.18. The molecule has 0 aromatic heterocycles. The molecule has 0 radical (unpaired) electrons. The lowest BCUT2D eigenvalue weighted by Crippen LogP contribution is -2.23. The molecule has 4 heteroatoms. The van der Waals surface area contributed by atoms with Gasteiger partial charge in [0.15, 0.2) is 0 Å². The first kappa shape index (κ1) is 11.8. The molecule has 0 heterocycles. The number of rotatable bonds is 3. The number of hydrogen-bond donors (Lipinski definition) is 2. The summed E-state index contributed by atoms with van der Waals surface area (Å²) in [6, 6.07) is 5.20. The van der Waals surface area contributed by atoms with Crippen molar-refractivity contribution in [1.82, 2.24) is 0 Å². The molecular weight excluding hydrogens is 221 g/mol. The number of hydrogen-bond acceptors (Lipinski definition) is 2. The molecule has 0 aliphatic rings. The Morgan fingerprint density at radius 1 is 1.43 bits per heavy atom. The first-order valence-corrected chi connectivity index (χ1v) is 5.15. The van der Waals surface area contributed by atoms with Crippen LogP contribution in [0.1, 0.15) is 18.4 Å². The molecule has 78 valence electrons. The summed E-state index contributed by atoms with van der Waals surface area (Å²) in [7, 11) is 0. The largest absolute Gasteiger partial charge is 0.393 e. The highest BCUT2D eigenvalue weighted by molar-refractivity contribution is 6.35. The molecule has 2 unspecified atom stereocenters. The van der Waals surface area contributed by atoms with Gasteiger partial charge in [-0.05, 0) is 24.6 Å². The normalized spacial score (nSPS) is 15.2. The standard InChI is InChI=1S/C10H13Cl2NO/c1-6(14)9(5-13)8-3-2-7(11)4-10(8)12/h2-4,6,9,14H,5,13H2,1H3. The van der Waals surface area contributed by atoms with E-state index in [-0.39, 0.29) is 5.92 Å². The molecule has 14 heavy (non-hydrogen) atoms. The Kier molecular flexibility index (Phi) is 4.20. The number of aliphatic hydroxyl groups excluding tert-OH is 1. The zero-order valence-electron chi connectivity index (χ0n) is 7.87. The maximum atomic E-state index is 9.49. The van der Waals surface area contributed by atoms with Crippen LogP contribution in [0.3, 0.4) is 0 Å². The van der Waals surface area contributed by atoms with E-state index in [1.807, 2.05) is 0 Å². The second-order valence-corrected chi connectivity index (χ2v) is 4.09. The summed E-state index contributed by atoms with van der Waals surface area (Å²) in [6.07, 6.45) is -0.515. The van der Waals surface area contributed by atoms with Crippen molar-refractivity contribution in [2.45, 2.75) is 18.9 Å². The van der Waals surface area contributed by atoms with Crippen LogP contribution in [0.5, 0.6) is 0 Å². The van der Waals surface area contributed by atoms with Crippen LogP contribution < -0.4 is 5.73 Å². The summed E-state index contributed by atoms with van der Waals surface area (Å²) < 4.78 is 0. The molecule has 0 aliphatic carbocycles. The molecule has 2 nitrogen and oxygen atoms in total. The van der Waals surface area contributed by atoms with Crippen molar-refractivity contribution in [3.63, 3.8) is 0 Å². The van der Waals surface area contributed by atoms with Gasteiger partial charge in [-0.25, -0.2) is 0 Å². The van der Waals surface area contributed by atoms with E-state index in [2.05, 4.69) is 0 Å². The van der Waals surface area contributed by atoms with Crippen LogP contribution >= 0.6 is 23.2 Å². The molecule has 0 spiro atoms. The monoisotopic (exact) mass is 233 g/mol. The van der Waals surface area contributed by atoms with Crippen LogP contribution in [-0.4, -0.2) is 17.8 Å². The van der Waals surface area contributed by atoms with E-state index in [1.54, 1.807) is 25.1 Å². The molecule has 0 saturated heterocycles. The number of aliphatic hydroxyl groups is 1. The molecule has 2 atom stereocenters. The number of benzene rings is 1. The van der Waals surface area contributed by atoms with Gasteiger partial charge in [0, 0.05) is 22.5 Å². The molecule has 1 rings (SSSR count). The summed E-state index contributed by atoms with van der Waals surface area (Å²) in [6.45, 7) is 2.06. The van der Waals surface area contributed by atoms with Gasteiger partial charge in [-0.1, -0.05) is 29.3 Å². The SMILES string of the molecule is CC(O)C(CN)c1ccc(Cl)cc1Cl. The quantitative estimate of drug-likeness (QED) is 0.843. The molecular formula is C10H13Cl2NO. The average Bonchev–Trinajstić information content (AvgIpc) is 2.09. The van der Waals surface area contributed by atoms with Gasteiger partial charge in [0.1, 0.15) is 0 Å². The first-order valence-electron chi connectivity index (χ1n) is 4.39. The second kappa shape index (κ2) is 4.99. The van der Waals surface area contributed by atoms with Gasteiger partial charge in [-0.3, -0.25) is 0 Å². The van der Waals surface area contributed by atoms with Gasteiger partial charge in [-0.15, -0.1) is 0 Å². The third kappa shape index (κ3) is 2.61. The fourth-order valence-electron chi connectivity index (χ4n) is 1.39. The molecule has 0 bridgehead atoms. The Balaban J connectivity index is 3.04. The van der Waals surface area contributed by atoms with Crippen molar-refractivity contribution in [3.8, 4) is 0 Å². The summed E-state index contributed by atoms with van der Waals surface area (Å²) in [4.78, 5) is 0. The Hall–Kier alpha value is -0.280. The van der Waals surface area contributed by atoms with Crippen LogP contribution in [0.15, 0.2) is 18.2 Å². The van der Waals surface area contributed by atoms with Gasteiger partial charge in [0.25, 0.3) is 0 Å². The molecule has 3 N–H and O–H groups in total. The zero-order valence-corrected chi connectivity index (χ0v) is 9.39. The van der Waals surface area contributed by atoms with Crippen molar-refractivity contribution < 1.29 is 5.11 Å². The minimum atomic E-state index is -0.515. The van der Waals surface area contributed by atoms with Gasteiger partial charge in [0.05, 0.1) is 6.10 Å². The molecule has 1 aromatic carbocycles. The summed E-state index contributed by atoms with van der Waals surface area (Å²) in [5.74, 6) is -0.139. The predicted molar refractivity (Wildman–Crippen MR) is 59.9 cm³/mol. The van der Waals surface area contributed by atoms with Gasteiger partial charge >= 0.3 is 0 Å². The van der Waals surface area contributed by atoms with E-state index < -0.39 is 6.10 Å². The Morgan fingerprint density at radius 2 is 2.07 bits per heavy atom. The maximum absolute atomic E-state index is 9.49. The van der Waals surface area contributed by atoms with Crippen LogP contribution in [0.25, 0.3) is 0 Å².